The van der Waals surface area contributed by atoms with Crippen LogP contribution in [-0.4, -0.2) is 28.7 Å². The Balaban J connectivity index is 2.04. The molecule has 1 amide bonds. The minimum Gasteiger partial charge on any atom is -0.494 e. The number of rotatable bonds is 4. The molecule has 0 aliphatic carbocycles. The average molecular weight is 331 g/mol. The molecule has 2 aromatic rings. The third kappa shape index (κ3) is 3.10. The molecule has 1 atom stereocenters. The van der Waals surface area contributed by atoms with Crippen molar-refractivity contribution in [3.05, 3.63) is 45.7 Å². The van der Waals surface area contributed by atoms with Crippen LogP contribution in [0, 0.1) is 0 Å². The van der Waals surface area contributed by atoms with Crippen LogP contribution in [0.25, 0.3) is 0 Å². The highest BCUT2D eigenvalue weighted by Gasteiger charge is 2.30. The van der Waals surface area contributed by atoms with E-state index in [4.69, 9.17) is 4.74 Å². The van der Waals surface area contributed by atoms with Gasteiger partial charge in [-0.1, -0.05) is 23.9 Å². The fourth-order valence-corrected chi connectivity index (χ4v) is 3.07. The molecule has 0 radical (unpaired) electrons. The molecule has 7 heteroatoms. The van der Waals surface area contributed by atoms with E-state index in [0.29, 0.717) is 23.1 Å². The van der Waals surface area contributed by atoms with E-state index in [0.717, 1.165) is 11.3 Å². The maximum Gasteiger partial charge on any atom is 0.257 e. The molecule has 23 heavy (non-hydrogen) atoms. The zero-order valence-corrected chi connectivity index (χ0v) is 13.7. The van der Waals surface area contributed by atoms with Gasteiger partial charge in [0.2, 0.25) is 5.91 Å². The molecule has 0 spiro atoms. The fraction of sp³-hybridized carbons (Fsp3) is 0.312. The van der Waals surface area contributed by atoms with Crippen molar-refractivity contribution in [1.82, 2.24) is 9.97 Å². The third-order valence-electron chi connectivity index (χ3n) is 3.72. The number of fused-ring (bicyclic) bond motifs is 1. The summed E-state index contributed by atoms with van der Waals surface area (Å²) in [7, 11) is 0. The van der Waals surface area contributed by atoms with Gasteiger partial charge in [-0.25, -0.2) is 4.98 Å². The quantitative estimate of drug-likeness (QED) is 0.664. The zero-order valence-electron chi connectivity index (χ0n) is 12.9. The van der Waals surface area contributed by atoms with Crippen molar-refractivity contribution in [2.24, 2.45) is 0 Å². The highest BCUT2D eigenvalue weighted by Crippen LogP contribution is 2.34. The number of hydrogen-bond donors (Lipinski definition) is 2. The summed E-state index contributed by atoms with van der Waals surface area (Å²) in [6.07, 6.45) is 2.05. The number of thioether (sulfide) groups is 1. The largest absolute Gasteiger partial charge is 0.494 e. The number of nitrogens with zero attached hydrogens (tertiary/aromatic N) is 1. The second-order valence-corrected chi connectivity index (χ2v) is 5.94. The minimum absolute atomic E-state index is 0.137. The number of aromatic nitrogens is 2. The standard InChI is InChI=1S/C16H17N3O3S/c1-3-22-10-6-4-9(5-7-10)11-8-12(20)17-14-13(11)15(21)19-16(18-14)23-2/h4-7,11H,3,8H2,1-2H3,(H2,17,18,19,20,21). The van der Waals surface area contributed by atoms with E-state index >= 15 is 0 Å². The maximum atomic E-state index is 12.4. The van der Waals surface area contributed by atoms with Crippen molar-refractivity contribution < 1.29 is 9.53 Å². The number of nitrogens with one attached hydrogen (secondary N) is 2. The van der Waals surface area contributed by atoms with Crippen molar-refractivity contribution >= 4 is 23.5 Å². The van der Waals surface area contributed by atoms with Gasteiger partial charge in [0, 0.05) is 12.3 Å². The van der Waals surface area contributed by atoms with Crippen molar-refractivity contribution in [2.75, 3.05) is 18.2 Å². The average Bonchev–Trinajstić information content (AvgIpc) is 2.54. The van der Waals surface area contributed by atoms with Crippen LogP contribution in [0.3, 0.4) is 0 Å². The third-order valence-corrected chi connectivity index (χ3v) is 4.30. The summed E-state index contributed by atoms with van der Waals surface area (Å²) in [5.74, 6) is 0.679. The van der Waals surface area contributed by atoms with Crippen molar-refractivity contribution in [3.8, 4) is 5.75 Å². The second kappa shape index (κ2) is 6.45. The molecule has 0 saturated heterocycles. The predicted molar refractivity (Wildman–Crippen MR) is 89.3 cm³/mol. The van der Waals surface area contributed by atoms with Gasteiger partial charge in [0.1, 0.15) is 11.6 Å². The van der Waals surface area contributed by atoms with Crippen LogP contribution in [0.5, 0.6) is 5.75 Å². The number of carbonyl (C=O) groups is 1. The lowest BCUT2D eigenvalue weighted by molar-refractivity contribution is -0.116. The first-order valence-corrected chi connectivity index (χ1v) is 8.55. The highest BCUT2D eigenvalue weighted by molar-refractivity contribution is 7.98. The van der Waals surface area contributed by atoms with Crippen LogP contribution in [0.4, 0.5) is 5.82 Å². The van der Waals surface area contributed by atoms with Gasteiger partial charge in [-0.15, -0.1) is 0 Å². The van der Waals surface area contributed by atoms with Gasteiger partial charge >= 0.3 is 0 Å². The Bertz CT molecular complexity index is 786. The lowest BCUT2D eigenvalue weighted by Crippen LogP contribution is -2.31. The Hall–Kier alpha value is -2.28. The molecular weight excluding hydrogens is 314 g/mol. The molecule has 1 unspecified atom stereocenters. The summed E-state index contributed by atoms with van der Waals surface area (Å²) < 4.78 is 5.43. The molecule has 1 aliphatic heterocycles. The van der Waals surface area contributed by atoms with E-state index in [1.54, 1.807) is 0 Å². The van der Waals surface area contributed by atoms with Crippen molar-refractivity contribution in [3.63, 3.8) is 0 Å². The molecule has 2 heterocycles. The second-order valence-electron chi connectivity index (χ2n) is 5.14. The van der Waals surface area contributed by atoms with Crippen LogP contribution in [-0.2, 0) is 4.79 Å². The van der Waals surface area contributed by atoms with E-state index in [9.17, 15) is 9.59 Å². The molecule has 120 valence electrons. The number of carbonyl (C=O) groups excluding carboxylic acids is 1. The van der Waals surface area contributed by atoms with Gasteiger partial charge in [0.25, 0.3) is 5.56 Å². The summed E-state index contributed by atoms with van der Waals surface area (Å²) >= 11 is 1.33. The number of H-pyrrole nitrogens is 1. The SMILES string of the molecule is CCOc1ccc(C2CC(=O)Nc3nc(SC)[nH]c(=O)c32)cc1. The zero-order chi connectivity index (χ0) is 16.4. The van der Waals surface area contributed by atoms with Gasteiger partial charge in [-0.2, -0.15) is 0 Å². The van der Waals surface area contributed by atoms with Crippen LogP contribution >= 0.6 is 11.8 Å². The summed E-state index contributed by atoms with van der Waals surface area (Å²) in [6, 6.07) is 7.48. The minimum atomic E-state index is -0.304. The molecular formula is C16H17N3O3S. The fourth-order valence-electron chi connectivity index (χ4n) is 2.70. The van der Waals surface area contributed by atoms with Gasteiger partial charge in [0.15, 0.2) is 5.16 Å². The number of amides is 1. The van der Waals surface area contributed by atoms with E-state index in [2.05, 4.69) is 15.3 Å². The van der Waals surface area contributed by atoms with Gasteiger partial charge in [-0.3, -0.25) is 9.59 Å². The monoisotopic (exact) mass is 331 g/mol. The smallest absolute Gasteiger partial charge is 0.257 e. The molecule has 0 saturated carbocycles. The van der Waals surface area contributed by atoms with Crippen molar-refractivity contribution in [1.29, 1.82) is 0 Å². The van der Waals surface area contributed by atoms with Crippen LogP contribution in [0.2, 0.25) is 0 Å². The summed E-state index contributed by atoms with van der Waals surface area (Å²) in [4.78, 5) is 31.5. The Morgan fingerprint density at radius 2 is 2.04 bits per heavy atom. The summed E-state index contributed by atoms with van der Waals surface area (Å²) in [5, 5.41) is 3.19. The number of benzene rings is 1. The number of ether oxygens (including phenoxy) is 1. The van der Waals surface area contributed by atoms with Crippen LogP contribution in [0.15, 0.2) is 34.2 Å². The van der Waals surface area contributed by atoms with E-state index in [1.165, 1.54) is 11.8 Å². The van der Waals surface area contributed by atoms with E-state index in [1.807, 2.05) is 37.4 Å². The molecule has 3 rings (SSSR count). The van der Waals surface area contributed by atoms with Crippen molar-refractivity contribution in [2.45, 2.75) is 24.4 Å². The molecule has 2 N–H and O–H groups in total. The lowest BCUT2D eigenvalue weighted by Gasteiger charge is -2.24. The molecule has 0 bridgehead atoms. The molecule has 1 aromatic heterocycles. The summed E-state index contributed by atoms with van der Waals surface area (Å²) in [5.41, 5.74) is 1.19. The Morgan fingerprint density at radius 1 is 1.30 bits per heavy atom. The highest BCUT2D eigenvalue weighted by atomic mass is 32.2. The molecule has 0 fully saturated rings. The number of aromatic amines is 1. The topological polar surface area (TPSA) is 84.1 Å². The lowest BCUT2D eigenvalue weighted by atomic mass is 9.87. The predicted octanol–water partition coefficient (Wildman–Crippen LogP) is 2.36. The molecule has 6 nitrogen and oxygen atoms in total. The maximum absolute atomic E-state index is 12.4. The first kappa shape index (κ1) is 15.6. The number of anilines is 1. The van der Waals surface area contributed by atoms with E-state index < -0.39 is 0 Å². The van der Waals surface area contributed by atoms with Crippen LogP contribution < -0.4 is 15.6 Å². The van der Waals surface area contributed by atoms with Gasteiger partial charge in [-0.05, 0) is 30.9 Å². The number of hydrogen-bond acceptors (Lipinski definition) is 5. The first-order chi connectivity index (χ1) is 11.1. The van der Waals surface area contributed by atoms with Gasteiger partial charge in [0.05, 0.1) is 12.2 Å². The first-order valence-electron chi connectivity index (χ1n) is 7.33. The Morgan fingerprint density at radius 3 is 2.70 bits per heavy atom. The Labute approximate surface area is 137 Å². The molecule has 1 aromatic carbocycles. The van der Waals surface area contributed by atoms with Crippen LogP contribution in [0.1, 0.15) is 30.4 Å². The van der Waals surface area contributed by atoms with E-state index in [-0.39, 0.29) is 23.8 Å². The normalized spacial score (nSPS) is 16.6. The summed E-state index contributed by atoms with van der Waals surface area (Å²) in [6.45, 7) is 2.51. The van der Waals surface area contributed by atoms with Gasteiger partial charge < -0.3 is 15.0 Å². The Kier molecular flexibility index (Phi) is 4.38. The molecule has 1 aliphatic rings.